The van der Waals surface area contributed by atoms with Crippen LogP contribution in [0.25, 0.3) is 0 Å². The monoisotopic (exact) mass is 182 g/mol. The molecule has 14 heavy (non-hydrogen) atoms. The molecule has 4 unspecified atom stereocenters. The minimum absolute atomic E-state index is 0.869. The predicted molar refractivity (Wildman–Crippen MR) is 57.1 cm³/mol. The van der Waals surface area contributed by atoms with E-state index < -0.39 is 0 Å². The number of benzene rings is 1. The molecule has 0 heteroatoms. The Labute approximate surface area is 84.6 Å². The van der Waals surface area contributed by atoms with Gasteiger partial charge in [-0.15, -0.1) is 0 Å². The topological polar surface area (TPSA) is 0 Å². The smallest absolute Gasteiger partial charge is 0.00589 e. The van der Waals surface area contributed by atoms with Gasteiger partial charge in [-0.05, 0) is 47.6 Å². The Morgan fingerprint density at radius 2 is 1.86 bits per heavy atom. The minimum Gasteiger partial charge on any atom is -0.0848 e. The third kappa shape index (κ3) is 0.716. The Balaban J connectivity index is 1.89. The third-order valence-corrected chi connectivity index (χ3v) is 4.49. The predicted octanol–water partition coefficient (Wildman–Crippen LogP) is 3.15. The first kappa shape index (κ1) is 7.28. The molecule has 0 spiro atoms. The summed E-state index contributed by atoms with van der Waals surface area (Å²) in [5.74, 6) is 3.59. The van der Waals surface area contributed by atoms with Gasteiger partial charge in [0.1, 0.15) is 0 Å². The largest absolute Gasteiger partial charge is 0.0848 e. The van der Waals surface area contributed by atoms with Crippen LogP contribution in [0.1, 0.15) is 23.5 Å². The van der Waals surface area contributed by atoms with E-state index in [1.165, 1.54) is 12.8 Å². The molecule has 0 N–H and O–H groups in total. The van der Waals surface area contributed by atoms with Crippen LogP contribution in [-0.2, 0) is 6.42 Å². The van der Waals surface area contributed by atoms with Gasteiger partial charge in [-0.1, -0.05) is 36.4 Å². The van der Waals surface area contributed by atoms with Gasteiger partial charge in [0.15, 0.2) is 0 Å². The van der Waals surface area contributed by atoms with E-state index in [0.717, 1.165) is 23.7 Å². The summed E-state index contributed by atoms with van der Waals surface area (Å²) in [6.45, 7) is 0. The summed E-state index contributed by atoms with van der Waals surface area (Å²) < 4.78 is 0. The van der Waals surface area contributed by atoms with Crippen molar-refractivity contribution in [3.05, 3.63) is 47.5 Å². The molecule has 1 aromatic rings. The van der Waals surface area contributed by atoms with Crippen molar-refractivity contribution in [3.8, 4) is 0 Å². The highest BCUT2D eigenvalue weighted by molar-refractivity contribution is 5.41. The quantitative estimate of drug-likeness (QED) is 0.541. The van der Waals surface area contributed by atoms with Crippen LogP contribution < -0.4 is 0 Å². The van der Waals surface area contributed by atoms with Crippen LogP contribution >= 0.6 is 0 Å². The lowest BCUT2D eigenvalue weighted by molar-refractivity contribution is 0.426. The lowest BCUT2D eigenvalue weighted by Crippen LogP contribution is -2.12. The van der Waals surface area contributed by atoms with Crippen LogP contribution in [-0.4, -0.2) is 0 Å². The molecule has 3 aliphatic carbocycles. The zero-order chi connectivity index (χ0) is 9.12. The molecule has 4 atom stereocenters. The van der Waals surface area contributed by atoms with Crippen LogP contribution in [0.3, 0.4) is 0 Å². The average Bonchev–Trinajstić information content (AvgIpc) is 2.88. The fourth-order valence-corrected chi connectivity index (χ4v) is 3.96. The molecular weight excluding hydrogens is 168 g/mol. The second-order valence-electron chi connectivity index (χ2n) is 5.04. The van der Waals surface area contributed by atoms with E-state index in [1.807, 2.05) is 0 Å². The maximum atomic E-state index is 2.47. The molecule has 70 valence electrons. The van der Waals surface area contributed by atoms with Crippen molar-refractivity contribution in [2.75, 3.05) is 0 Å². The van der Waals surface area contributed by atoms with Crippen molar-refractivity contribution >= 4 is 0 Å². The maximum absolute atomic E-state index is 2.47. The first-order valence-corrected chi connectivity index (χ1v) is 5.69. The minimum atomic E-state index is 0.869. The molecule has 0 amide bonds. The van der Waals surface area contributed by atoms with Crippen LogP contribution in [0.5, 0.6) is 0 Å². The van der Waals surface area contributed by atoms with E-state index in [1.54, 1.807) is 11.1 Å². The zero-order valence-corrected chi connectivity index (χ0v) is 8.19. The molecule has 2 bridgehead atoms. The van der Waals surface area contributed by atoms with E-state index in [2.05, 4.69) is 36.4 Å². The highest BCUT2D eigenvalue weighted by Crippen LogP contribution is 2.58. The summed E-state index contributed by atoms with van der Waals surface area (Å²) in [5.41, 5.74) is 3.29. The standard InChI is InChI=1S/C14H14/c1-2-4-12-9(3-1)8-13-10-5-6-11(7-10)14(12)13/h1-6,10-11,13-14H,7-8H2. The van der Waals surface area contributed by atoms with E-state index >= 15 is 0 Å². The summed E-state index contributed by atoms with van der Waals surface area (Å²) >= 11 is 0. The maximum Gasteiger partial charge on any atom is -0.00589 e. The van der Waals surface area contributed by atoms with E-state index in [4.69, 9.17) is 0 Å². The van der Waals surface area contributed by atoms with Crippen molar-refractivity contribution < 1.29 is 0 Å². The second-order valence-corrected chi connectivity index (χ2v) is 5.04. The van der Waals surface area contributed by atoms with Crippen molar-refractivity contribution in [2.45, 2.75) is 18.8 Å². The second kappa shape index (κ2) is 2.31. The van der Waals surface area contributed by atoms with Crippen LogP contribution in [0.4, 0.5) is 0 Å². The Morgan fingerprint density at radius 3 is 2.86 bits per heavy atom. The lowest BCUT2D eigenvalue weighted by Gasteiger charge is -2.20. The molecule has 0 aliphatic heterocycles. The first-order chi connectivity index (χ1) is 6.93. The van der Waals surface area contributed by atoms with Gasteiger partial charge in [0, 0.05) is 0 Å². The Morgan fingerprint density at radius 1 is 1.00 bits per heavy atom. The zero-order valence-electron chi connectivity index (χ0n) is 8.19. The molecule has 1 saturated carbocycles. The summed E-state index contributed by atoms with van der Waals surface area (Å²) in [5, 5.41) is 0. The van der Waals surface area contributed by atoms with Gasteiger partial charge in [0.25, 0.3) is 0 Å². The van der Waals surface area contributed by atoms with Crippen molar-refractivity contribution in [2.24, 2.45) is 17.8 Å². The van der Waals surface area contributed by atoms with Crippen molar-refractivity contribution in [3.63, 3.8) is 0 Å². The molecule has 1 fully saturated rings. The number of hydrogen-bond acceptors (Lipinski definition) is 0. The molecule has 0 heterocycles. The molecule has 4 rings (SSSR count). The molecular formula is C14H14. The fourth-order valence-electron chi connectivity index (χ4n) is 3.96. The summed E-state index contributed by atoms with van der Waals surface area (Å²) in [6, 6.07) is 9.08. The molecule has 0 saturated heterocycles. The molecule has 0 aromatic heterocycles. The normalized spacial score (nSPS) is 41.4. The Kier molecular flexibility index (Phi) is 1.20. The molecule has 1 aromatic carbocycles. The SMILES string of the molecule is C1=CC2CC1C1Cc3ccccc3C21. The van der Waals surface area contributed by atoms with Gasteiger partial charge in [0.05, 0.1) is 0 Å². The summed E-state index contributed by atoms with van der Waals surface area (Å²) in [6.07, 6.45) is 7.71. The van der Waals surface area contributed by atoms with Crippen molar-refractivity contribution in [1.29, 1.82) is 0 Å². The van der Waals surface area contributed by atoms with Crippen LogP contribution in [0.2, 0.25) is 0 Å². The number of hydrogen-bond donors (Lipinski definition) is 0. The number of fused-ring (bicyclic) bond motifs is 7. The highest BCUT2D eigenvalue weighted by Gasteiger charge is 2.48. The van der Waals surface area contributed by atoms with Gasteiger partial charge in [-0.25, -0.2) is 0 Å². The lowest BCUT2D eigenvalue weighted by atomic mass is 9.84. The van der Waals surface area contributed by atoms with E-state index in [-0.39, 0.29) is 0 Å². The third-order valence-electron chi connectivity index (χ3n) is 4.49. The van der Waals surface area contributed by atoms with Gasteiger partial charge >= 0.3 is 0 Å². The van der Waals surface area contributed by atoms with Crippen molar-refractivity contribution in [1.82, 2.24) is 0 Å². The Bertz CT molecular complexity index is 416. The van der Waals surface area contributed by atoms with Gasteiger partial charge < -0.3 is 0 Å². The number of allylic oxidation sites excluding steroid dienone is 2. The first-order valence-electron chi connectivity index (χ1n) is 5.69. The van der Waals surface area contributed by atoms with E-state index in [0.29, 0.717) is 0 Å². The Hall–Kier alpha value is -1.04. The summed E-state index contributed by atoms with van der Waals surface area (Å²) in [7, 11) is 0. The fraction of sp³-hybridized carbons (Fsp3) is 0.429. The summed E-state index contributed by atoms with van der Waals surface area (Å²) in [4.78, 5) is 0. The molecule has 3 aliphatic rings. The molecule has 0 nitrogen and oxygen atoms in total. The highest BCUT2D eigenvalue weighted by atomic mass is 14.5. The van der Waals surface area contributed by atoms with Crippen LogP contribution in [0, 0.1) is 17.8 Å². The van der Waals surface area contributed by atoms with Gasteiger partial charge in [0.2, 0.25) is 0 Å². The van der Waals surface area contributed by atoms with Crippen LogP contribution in [0.15, 0.2) is 36.4 Å². The van der Waals surface area contributed by atoms with Gasteiger partial charge in [-0.2, -0.15) is 0 Å². The average molecular weight is 182 g/mol. The van der Waals surface area contributed by atoms with Gasteiger partial charge in [-0.3, -0.25) is 0 Å². The van der Waals surface area contributed by atoms with E-state index in [9.17, 15) is 0 Å². The number of rotatable bonds is 0. The molecule has 0 radical (unpaired) electrons.